The fourth-order valence-electron chi connectivity index (χ4n) is 3.65. The number of aromatic nitrogens is 1. The molecule has 0 fully saturated rings. The first kappa shape index (κ1) is 19.6. The highest BCUT2D eigenvalue weighted by molar-refractivity contribution is 7.91. The van der Waals surface area contributed by atoms with Crippen molar-refractivity contribution in [2.45, 2.75) is 55.4 Å². The highest BCUT2D eigenvalue weighted by atomic mass is 32.2. The van der Waals surface area contributed by atoms with Gasteiger partial charge in [-0.15, -0.1) is 0 Å². The summed E-state index contributed by atoms with van der Waals surface area (Å²) in [7, 11) is -3.60. The molecule has 5 heteroatoms. The third kappa shape index (κ3) is 3.66. The Morgan fingerprint density at radius 3 is 2.33 bits per heavy atom. The summed E-state index contributed by atoms with van der Waals surface area (Å²) in [4.78, 5) is 0.727. The van der Waals surface area contributed by atoms with Gasteiger partial charge in [-0.3, -0.25) is 0 Å². The van der Waals surface area contributed by atoms with Crippen LogP contribution >= 0.6 is 0 Å². The van der Waals surface area contributed by atoms with Crippen LogP contribution in [0.3, 0.4) is 0 Å². The molecule has 2 N–H and O–H groups in total. The quantitative estimate of drug-likeness (QED) is 0.630. The van der Waals surface area contributed by atoms with E-state index in [0.717, 1.165) is 29.3 Å². The molecular weight excluding hydrogens is 356 g/mol. The Morgan fingerprint density at radius 1 is 1.00 bits per heavy atom. The van der Waals surface area contributed by atoms with Gasteiger partial charge in [-0.2, -0.15) is 0 Å². The van der Waals surface area contributed by atoms with Crippen molar-refractivity contribution in [3.8, 4) is 0 Å². The van der Waals surface area contributed by atoms with Crippen LogP contribution in [-0.4, -0.2) is 19.5 Å². The van der Waals surface area contributed by atoms with Crippen LogP contribution in [0.15, 0.2) is 64.5 Å². The summed E-state index contributed by atoms with van der Waals surface area (Å²) in [6, 6.07) is 14.9. The van der Waals surface area contributed by atoms with Gasteiger partial charge in [0.1, 0.15) is 0 Å². The summed E-state index contributed by atoms with van der Waals surface area (Å²) in [6.07, 6.45) is 3.66. The average molecular weight is 385 g/mol. The number of nitrogens with zero attached hydrogens (tertiary/aromatic N) is 1. The lowest BCUT2D eigenvalue weighted by Gasteiger charge is -2.15. The van der Waals surface area contributed by atoms with Gasteiger partial charge < -0.3 is 10.3 Å². The van der Waals surface area contributed by atoms with Crippen LogP contribution in [-0.2, 0) is 9.84 Å². The highest BCUT2D eigenvalue weighted by Gasteiger charge is 2.26. The van der Waals surface area contributed by atoms with Crippen molar-refractivity contribution in [3.05, 3.63) is 60.3 Å². The Bertz CT molecular complexity index is 1020. The van der Waals surface area contributed by atoms with Gasteiger partial charge in [-0.1, -0.05) is 37.3 Å². The van der Waals surface area contributed by atoms with Crippen LogP contribution in [0.5, 0.6) is 0 Å². The van der Waals surface area contributed by atoms with Crippen LogP contribution in [0.4, 0.5) is 0 Å². The van der Waals surface area contributed by atoms with Crippen molar-refractivity contribution in [3.63, 3.8) is 0 Å². The van der Waals surface area contributed by atoms with E-state index < -0.39 is 9.84 Å². The molecule has 0 radical (unpaired) electrons. The van der Waals surface area contributed by atoms with Gasteiger partial charge in [0.25, 0.3) is 0 Å². The molecule has 0 amide bonds. The van der Waals surface area contributed by atoms with E-state index in [4.69, 9.17) is 5.73 Å². The molecular formula is C22H28N2O2S. The number of sulfone groups is 1. The predicted molar refractivity (Wildman–Crippen MR) is 111 cm³/mol. The summed E-state index contributed by atoms with van der Waals surface area (Å²) >= 11 is 0. The lowest BCUT2D eigenvalue weighted by atomic mass is 9.93. The van der Waals surface area contributed by atoms with Crippen LogP contribution in [0.1, 0.15) is 51.1 Å². The van der Waals surface area contributed by atoms with Gasteiger partial charge >= 0.3 is 0 Å². The third-order valence-corrected chi connectivity index (χ3v) is 6.91. The van der Waals surface area contributed by atoms with Gasteiger partial charge in [0.05, 0.1) is 9.79 Å². The van der Waals surface area contributed by atoms with E-state index in [1.807, 2.05) is 18.2 Å². The summed E-state index contributed by atoms with van der Waals surface area (Å²) in [5, 5.41) is 0.847. The SMILES string of the molecule is CC(CCCN)c1cccc2c1c(S(=O)(=O)c1ccccc1)cn2C(C)C. The van der Waals surface area contributed by atoms with E-state index >= 15 is 0 Å². The van der Waals surface area contributed by atoms with Crippen LogP contribution in [0, 0.1) is 0 Å². The number of fused-ring (bicyclic) bond motifs is 1. The van der Waals surface area contributed by atoms with Gasteiger partial charge in [-0.25, -0.2) is 8.42 Å². The zero-order chi connectivity index (χ0) is 19.6. The molecule has 1 heterocycles. The highest BCUT2D eigenvalue weighted by Crippen LogP contribution is 2.37. The summed E-state index contributed by atoms with van der Waals surface area (Å²) in [6.45, 7) is 6.93. The standard InChI is InChI=1S/C22H28N2O2S/c1-16(2)24-15-21(27(25,26)18-10-5-4-6-11-18)22-19(12-7-13-20(22)24)17(3)9-8-14-23/h4-7,10-13,15-17H,8-9,14,23H2,1-3H3. The number of rotatable bonds is 7. The van der Waals surface area contributed by atoms with Crippen molar-refractivity contribution < 1.29 is 8.42 Å². The Balaban J connectivity index is 2.29. The van der Waals surface area contributed by atoms with Gasteiger partial charge in [-0.05, 0) is 62.9 Å². The molecule has 0 bridgehead atoms. The minimum absolute atomic E-state index is 0.168. The van der Waals surface area contributed by atoms with E-state index in [1.165, 1.54) is 0 Å². The molecule has 0 aliphatic heterocycles. The van der Waals surface area contributed by atoms with Crippen molar-refractivity contribution in [2.24, 2.45) is 5.73 Å². The Morgan fingerprint density at radius 2 is 1.70 bits per heavy atom. The summed E-state index contributed by atoms with van der Waals surface area (Å²) < 4.78 is 28.9. The normalized spacial score (nSPS) is 13.4. The zero-order valence-corrected chi connectivity index (χ0v) is 17.0. The Hall–Kier alpha value is -2.11. The smallest absolute Gasteiger partial charge is 0.208 e. The monoisotopic (exact) mass is 384 g/mol. The predicted octanol–water partition coefficient (Wildman–Crippen LogP) is 4.90. The number of benzene rings is 2. The lowest BCUT2D eigenvalue weighted by Crippen LogP contribution is -2.05. The molecule has 2 aromatic carbocycles. The second kappa shape index (κ2) is 7.87. The Labute approximate surface area is 161 Å². The van der Waals surface area contributed by atoms with E-state index in [-0.39, 0.29) is 12.0 Å². The fourth-order valence-corrected chi connectivity index (χ4v) is 5.16. The molecule has 27 heavy (non-hydrogen) atoms. The molecule has 144 valence electrons. The molecule has 0 saturated carbocycles. The number of nitrogens with two attached hydrogens (primary N) is 1. The van der Waals surface area contributed by atoms with Gasteiger partial charge in [0, 0.05) is 23.1 Å². The van der Waals surface area contributed by atoms with E-state index in [2.05, 4.69) is 31.4 Å². The van der Waals surface area contributed by atoms with Crippen LogP contribution < -0.4 is 5.73 Å². The van der Waals surface area contributed by atoms with Gasteiger partial charge in [0.2, 0.25) is 9.84 Å². The number of hydrogen-bond acceptors (Lipinski definition) is 3. The van der Waals surface area contributed by atoms with Crippen molar-refractivity contribution in [1.29, 1.82) is 0 Å². The molecule has 0 aliphatic carbocycles. The molecule has 3 rings (SSSR count). The van der Waals surface area contributed by atoms with Crippen molar-refractivity contribution in [2.75, 3.05) is 6.54 Å². The maximum Gasteiger partial charge on any atom is 0.208 e. The third-order valence-electron chi connectivity index (χ3n) is 5.13. The van der Waals surface area contributed by atoms with Crippen molar-refractivity contribution in [1.82, 2.24) is 4.57 Å². The largest absolute Gasteiger partial charge is 0.344 e. The molecule has 3 aromatic rings. The number of hydrogen-bond donors (Lipinski definition) is 1. The molecule has 1 aromatic heterocycles. The van der Waals surface area contributed by atoms with Crippen LogP contribution in [0.25, 0.3) is 10.9 Å². The fraction of sp³-hybridized carbons (Fsp3) is 0.364. The molecule has 1 atom stereocenters. The zero-order valence-electron chi connectivity index (χ0n) is 16.2. The van der Waals surface area contributed by atoms with Crippen molar-refractivity contribution >= 4 is 20.7 Å². The maximum absolute atomic E-state index is 13.4. The minimum Gasteiger partial charge on any atom is -0.344 e. The molecule has 0 spiro atoms. The van der Waals surface area contributed by atoms with E-state index in [9.17, 15) is 8.42 Å². The summed E-state index contributed by atoms with van der Waals surface area (Å²) in [5.74, 6) is 0.241. The second-order valence-corrected chi connectivity index (χ2v) is 9.30. The van der Waals surface area contributed by atoms with Crippen LogP contribution in [0.2, 0.25) is 0 Å². The lowest BCUT2D eigenvalue weighted by molar-refractivity contribution is 0.592. The summed E-state index contributed by atoms with van der Waals surface area (Å²) in [5.41, 5.74) is 7.73. The Kier molecular flexibility index (Phi) is 5.72. The molecule has 4 nitrogen and oxygen atoms in total. The first-order valence-electron chi connectivity index (χ1n) is 9.51. The molecule has 1 unspecified atom stereocenters. The van der Waals surface area contributed by atoms with E-state index in [1.54, 1.807) is 30.5 Å². The maximum atomic E-state index is 13.4. The second-order valence-electron chi connectivity index (χ2n) is 7.38. The first-order chi connectivity index (χ1) is 12.9. The minimum atomic E-state index is -3.60. The molecule has 0 saturated heterocycles. The topological polar surface area (TPSA) is 65.1 Å². The first-order valence-corrected chi connectivity index (χ1v) is 11.0. The molecule has 0 aliphatic rings. The van der Waals surface area contributed by atoms with E-state index in [0.29, 0.717) is 16.3 Å². The van der Waals surface area contributed by atoms with Gasteiger partial charge in [0.15, 0.2) is 0 Å². The average Bonchev–Trinajstić information content (AvgIpc) is 3.07.